The van der Waals surface area contributed by atoms with Gasteiger partial charge < -0.3 is 5.32 Å². The normalized spacial score (nSPS) is 10.4. The van der Waals surface area contributed by atoms with Crippen molar-refractivity contribution in [1.82, 2.24) is 20.2 Å². The number of carbonyl (C=O) groups excluding carboxylic acids is 1. The lowest BCUT2D eigenvalue weighted by molar-refractivity contribution is 0.102. The summed E-state index contributed by atoms with van der Waals surface area (Å²) in [4.78, 5) is 13.3. The highest BCUT2D eigenvalue weighted by atomic mass is 32.2. The van der Waals surface area contributed by atoms with E-state index in [1.807, 2.05) is 30.5 Å². The van der Waals surface area contributed by atoms with Crippen LogP contribution in [-0.2, 0) is 0 Å². The molecule has 0 saturated carbocycles. The molecule has 2 aromatic carbocycles. The second kappa shape index (κ2) is 6.40. The van der Waals surface area contributed by atoms with Gasteiger partial charge in [-0.3, -0.25) is 4.79 Å². The van der Waals surface area contributed by atoms with Crippen molar-refractivity contribution in [2.24, 2.45) is 0 Å². The fourth-order valence-electron chi connectivity index (χ4n) is 1.99. The van der Waals surface area contributed by atoms with Crippen LogP contribution in [0.4, 0.5) is 5.69 Å². The van der Waals surface area contributed by atoms with Gasteiger partial charge in [-0.25, -0.2) is 4.68 Å². The molecule has 22 heavy (non-hydrogen) atoms. The van der Waals surface area contributed by atoms with Gasteiger partial charge in [0.1, 0.15) is 6.33 Å². The Morgan fingerprint density at radius 1 is 1.14 bits per heavy atom. The third-order valence-corrected chi connectivity index (χ3v) is 3.89. The van der Waals surface area contributed by atoms with E-state index in [1.165, 1.54) is 11.0 Å². The molecule has 0 spiro atoms. The second-order valence-electron chi connectivity index (χ2n) is 4.46. The second-order valence-corrected chi connectivity index (χ2v) is 5.30. The molecule has 3 aromatic rings. The van der Waals surface area contributed by atoms with Crippen LogP contribution in [-0.4, -0.2) is 32.4 Å². The van der Waals surface area contributed by atoms with E-state index in [1.54, 1.807) is 36.0 Å². The zero-order chi connectivity index (χ0) is 15.4. The number of nitrogens with zero attached hydrogens (tertiary/aromatic N) is 4. The molecule has 1 aromatic heterocycles. The first kappa shape index (κ1) is 14.3. The van der Waals surface area contributed by atoms with Gasteiger partial charge in [-0.1, -0.05) is 12.1 Å². The number of hydrogen-bond donors (Lipinski definition) is 1. The minimum absolute atomic E-state index is 0.148. The number of hydrogen-bond acceptors (Lipinski definition) is 5. The Hall–Kier alpha value is -2.67. The monoisotopic (exact) mass is 311 g/mol. The Balaban J connectivity index is 1.78. The summed E-state index contributed by atoms with van der Waals surface area (Å²) in [6.45, 7) is 0. The fourth-order valence-corrected chi connectivity index (χ4v) is 2.54. The molecule has 0 aliphatic rings. The van der Waals surface area contributed by atoms with Gasteiger partial charge in [0.2, 0.25) is 0 Å². The largest absolute Gasteiger partial charge is 0.321 e. The molecule has 0 fully saturated rings. The molecule has 0 saturated heterocycles. The zero-order valence-electron chi connectivity index (χ0n) is 11.8. The molecule has 1 N–H and O–H groups in total. The lowest BCUT2D eigenvalue weighted by Crippen LogP contribution is -2.12. The van der Waals surface area contributed by atoms with E-state index in [2.05, 4.69) is 20.8 Å². The van der Waals surface area contributed by atoms with Crippen LogP contribution in [0, 0.1) is 0 Å². The molecule has 0 aliphatic carbocycles. The van der Waals surface area contributed by atoms with E-state index >= 15 is 0 Å². The molecule has 7 heteroatoms. The summed E-state index contributed by atoms with van der Waals surface area (Å²) < 4.78 is 1.53. The van der Waals surface area contributed by atoms with Gasteiger partial charge in [0.25, 0.3) is 5.91 Å². The van der Waals surface area contributed by atoms with E-state index in [0.29, 0.717) is 5.56 Å². The van der Waals surface area contributed by atoms with E-state index < -0.39 is 0 Å². The van der Waals surface area contributed by atoms with Crippen LogP contribution in [0.5, 0.6) is 0 Å². The molecule has 0 atom stereocenters. The molecule has 6 nitrogen and oxygen atoms in total. The van der Waals surface area contributed by atoms with Gasteiger partial charge >= 0.3 is 0 Å². The van der Waals surface area contributed by atoms with Crippen molar-refractivity contribution in [1.29, 1.82) is 0 Å². The Morgan fingerprint density at radius 3 is 2.59 bits per heavy atom. The number of thioether (sulfide) groups is 1. The highest BCUT2D eigenvalue weighted by Crippen LogP contribution is 2.25. The van der Waals surface area contributed by atoms with Gasteiger partial charge in [0.05, 0.1) is 11.4 Å². The maximum Gasteiger partial charge on any atom is 0.255 e. The Labute approximate surface area is 131 Å². The number of nitrogens with one attached hydrogen (secondary N) is 1. The quantitative estimate of drug-likeness (QED) is 0.750. The number of anilines is 1. The number of benzene rings is 2. The Morgan fingerprint density at radius 2 is 1.91 bits per heavy atom. The summed E-state index contributed by atoms with van der Waals surface area (Å²) in [6.07, 6.45) is 3.48. The van der Waals surface area contributed by atoms with E-state index in [4.69, 9.17) is 0 Å². The zero-order valence-corrected chi connectivity index (χ0v) is 12.6. The fraction of sp³-hybridized carbons (Fsp3) is 0.0667. The van der Waals surface area contributed by atoms with Gasteiger partial charge in [-0.05, 0) is 53.1 Å². The summed E-state index contributed by atoms with van der Waals surface area (Å²) in [7, 11) is 0. The molecular weight excluding hydrogens is 298 g/mol. The van der Waals surface area contributed by atoms with Gasteiger partial charge in [0, 0.05) is 10.5 Å². The van der Waals surface area contributed by atoms with Crippen LogP contribution in [0.3, 0.4) is 0 Å². The first-order valence-electron chi connectivity index (χ1n) is 6.56. The Bertz CT molecular complexity index is 771. The summed E-state index contributed by atoms with van der Waals surface area (Å²) in [6, 6.07) is 14.8. The SMILES string of the molecule is CSc1ccccc1NC(=O)c1ccc(-n2cnnn2)cc1. The van der Waals surface area contributed by atoms with Crippen molar-refractivity contribution >= 4 is 23.4 Å². The standard InChI is InChI=1S/C15H13N5OS/c1-22-14-5-3-2-4-13(14)17-15(21)11-6-8-12(9-7-11)20-10-16-18-19-20/h2-10H,1H3,(H,17,21). The average molecular weight is 311 g/mol. The molecule has 0 bridgehead atoms. The molecule has 1 amide bonds. The lowest BCUT2D eigenvalue weighted by atomic mass is 10.2. The van der Waals surface area contributed by atoms with Crippen molar-refractivity contribution < 1.29 is 4.79 Å². The van der Waals surface area contributed by atoms with Crippen molar-refractivity contribution in [3.05, 3.63) is 60.4 Å². The van der Waals surface area contributed by atoms with Crippen LogP contribution in [0.1, 0.15) is 10.4 Å². The topological polar surface area (TPSA) is 72.7 Å². The predicted molar refractivity (Wildman–Crippen MR) is 85.3 cm³/mol. The van der Waals surface area contributed by atoms with Gasteiger partial charge in [0.15, 0.2) is 0 Å². The maximum atomic E-state index is 12.3. The number of aromatic nitrogens is 4. The summed E-state index contributed by atoms with van der Waals surface area (Å²) in [5.41, 5.74) is 2.18. The van der Waals surface area contributed by atoms with Crippen LogP contribution < -0.4 is 5.32 Å². The molecule has 3 rings (SSSR count). The highest BCUT2D eigenvalue weighted by Gasteiger charge is 2.09. The van der Waals surface area contributed by atoms with Crippen molar-refractivity contribution in [3.63, 3.8) is 0 Å². The lowest BCUT2D eigenvalue weighted by Gasteiger charge is -2.09. The van der Waals surface area contributed by atoms with Crippen LogP contribution in [0.2, 0.25) is 0 Å². The third kappa shape index (κ3) is 2.99. The van der Waals surface area contributed by atoms with E-state index in [9.17, 15) is 4.79 Å². The number of amides is 1. The van der Waals surface area contributed by atoms with E-state index in [-0.39, 0.29) is 5.91 Å². The first-order chi connectivity index (χ1) is 10.8. The minimum Gasteiger partial charge on any atom is -0.321 e. The number of rotatable bonds is 4. The molecule has 0 unspecified atom stereocenters. The molecular formula is C15H13N5OS. The smallest absolute Gasteiger partial charge is 0.255 e. The molecule has 110 valence electrons. The average Bonchev–Trinajstić information content (AvgIpc) is 3.10. The van der Waals surface area contributed by atoms with Crippen molar-refractivity contribution in [2.75, 3.05) is 11.6 Å². The van der Waals surface area contributed by atoms with Gasteiger partial charge in [-0.2, -0.15) is 0 Å². The van der Waals surface area contributed by atoms with Crippen LogP contribution >= 0.6 is 11.8 Å². The molecule has 0 radical (unpaired) electrons. The van der Waals surface area contributed by atoms with Crippen molar-refractivity contribution in [2.45, 2.75) is 4.90 Å². The highest BCUT2D eigenvalue weighted by molar-refractivity contribution is 7.98. The number of carbonyl (C=O) groups is 1. The van der Waals surface area contributed by atoms with Crippen LogP contribution in [0.15, 0.2) is 59.8 Å². The van der Waals surface area contributed by atoms with Gasteiger partial charge in [-0.15, -0.1) is 16.9 Å². The van der Waals surface area contributed by atoms with E-state index in [0.717, 1.165) is 16.3 Å². The minimum atomic E-state index is -0.148. The summed E-state index contributed by atoms with van der Waals surface area (Å²) in [5, 5.41) is 13.9. The Kier molecular flexibility index (Phi) is 4.15. The summed E-state index contributed by atoms with van der Waals surface area (Å²) >= 11 is 1.59. The maximum absolute atomic E-state index is 12.3. The number of para-hydroxylation sites is 1. The van der Waals surface area contributed by atoms with Crippen LogP contribution in [0.25, 0.3) is 5.69 Å². The number of tetrazole rings is 1. The predicted octanol–water partition coefficient (Wildman–Crippen LogP) is 2.64. The third-order valence-electron chi connectivity index (χ3n) is 3.10. The summed E-state index contributed by atoms with van der Waals surface area (Å²) in [5.74, 6) is -0.148. The van der Waals surface area contributed by atoms with Crippen molar-refractivity contribution in [3.8, 4) is 5.69 Å². The molecule has 0 aliphatic heterocycles. The first-order valence-corrected chi connectivity index (χ1v) is 7.78. The molecule has 1 heterocycles.